The average Bonchev–Trinajstić information content (AvgIpc) is 2.25. The van der Waals surface area contributed by atoms with E-state index in [1.165, 1.54) is 11.1 Å². The normalized spacial score (nSPS) is 9.40. The van der Waals surface area contributed by atoms with E-state index in [1.807, 2.05) is 13.0 Å². The van der Waals surface area contributed by atoms with Crippen LogP contribution in [0.15, 0.2) is 35.8 Å². The largest absolute Gasteiger partial charge is 0.234 e. The molecular formula is C13H15NO. The van der Waals surface area contributed by atoms with Crippen molar-refractivity contribution in [1.82, 2.24) is 0 Å². The second-order valence-corrected chi connectivity index (χ2v) is 3.56. The molecule has 0 amide bonds. The van der Waals surface area contributed by atoms with Gasteiger partial charge < -0.3 is 0 Å². The number of aliphatic imine (C=N–C) groups is 1. The van der Waals surface area contributed by atoms with E-state index in [2.05, 4.69) is 29.8 Å². The number of aryl methyl sites for hydroxylation is 1. The van der Waals surface area contributed by atoms with Gasteiger partial charge in [0.05, 0.1) is 6.54 Å². The van der Waals surface area contributed by atoms with Crippen LogP contribution in [0, 0.1) is 0 Å². The molecule has 2 heteroatoms. The van der Waals surface area contributed by atoms with Crippen LogP contribution < -0.4 is 0 Å². The molecule has 15 heavy (non-hydrogen) atoms. The molecule has 0 aliphatic heterocycles. The number of hydrogen-bond donors (Lipinski definition) is 0. The Bertz CT molecular complexity index is 389. The molecule has 1 rings (SSSR count). The number of hydrogen-bond acceptors (Lipinski definition) is 2. The van der Waals surface area contributed by atoms with Gasteiger partial charge in [-0.25, -0.2) is 9.79 Å². The molecule has 0 aliphatic rings. The third kappa shape index (κ3) is 3.92. The second kappa shape index (κ2) is 5.94. The molecule has 0 heterocycles. The van der Waals surface area contributed by atoms with Crippen LogP contribution in [-0.2, 0) is 11.2 Å². The third-order valence-electron chi connectivity index (χ3n) is 2.22. The minimum atomic E-state index is 0.556. The van der Waals surface area contributed by atoms with Crippen LogP contribution >= 0.6 is 0 Å². The molecule has 1 aromatic carbocycles. The lowest BCUT2D eigenvalue weighted by atomic mass is 10.0. The van der Waals surface area contributed by atoms with E-state index in [0.29, 0.717) is 6.54 Å². The lowest BCUT2D eigenvalue weighted by Gasteiger charge is -2.03. The van der Waals surface area contributed by atoms with Gasteiger partial charge in [0.2, 0.25) is 6.08 Å². The van der Waals surface area contributed by atoms with E-state index in [4.69, 9.17) is 0 Å². The molecule has 2 nitrogen and oxygen atoms in total. The first-order valence-electron chi connectivity index (χ1n) is 5.02. The fourth-order valence-electron chi connectivity index (χ4n) is 1.40. The van der Waals surface area contributed by atoms with Crippen molar-refractivity contribution in [3.8, 4) is 0 Å². The summed E-state index contributed by atoms with van der Waals surface area (Å²) in [6, 6.07) is 8.29. The maximum atomic E-state index is 9.86. The third-order valence-corrected chi connectivity index (χ3v) is 2.22. The molecule has 0 fully saturated rings. The van der Waals surface area contributed by atoms with Crippen LogP contribution in [0.2, 0.25) is 0 Å². The first kappa shape index (κ1) is 11.4. The van der Waals surface area contributed by atoms with E-state index in [9.17, 15) is 4.79 Å². The van der Waals surface area contributed by atoms with Crippen molar-refractivity contribution in [3.63, 3.8) is 0 Å². The SMILES string of the molecule is C=C(C)c1cccc(CCCN=C=O)c1. The monoisotopic (exact) mass is 201 g/mol. The fourth-order valence-corrected chi connectivity index (χ4v) is 1.40. The van der Waals surface area contributed by atoms with Gasteiger partial charge in [0, 0.05) is 0 Å². The smallest absolute Gasteiger partial charge is 0.211 e. The molecule has 0 spiro atoms. The van der Waals surface area contributed by atoms with Gasteiger partial charge in [-0.05, 0) is 30.9 Å². The van der Waals surface area contributed by atoms with Crippen molar-refractivity contribution in [2.45, 2.75) is 19.8 Å². The van der Waals surface area contributed by atoms with Crippen LogP contribution in [0.25, 0.3) is 5.57 Å². The van der Waals surface area contributed by atoms with E-state index < -0.39 is 0 Å². The van der Waals surface area contributed by atoms with Crippen molar-refractivity contribution in [3.05, 3.63) is 42.0 Å². The maximum absolute atomic E-state index is 9.86. The predicted molar refractivity (Wildman–Crippen MR) is 62.5 cm³/mol. The van der Waals surface area contributed by atoms with Crippen LogP contribution in [0.5, 0.6) is 0 Å². The Labute approximate surface area is 90.4 Å². The van der Waals surface area contributed by atoms with E-state index in [1.54, 1.807) is 6.08 Å². The first-order valence-corrected chi connectivity index (χ1v) is 5.02. The van der Waals surface area contributed by atoms with Gasteiger partial charge in [0.1, 0.15) is 0 Å². The minimum Gasteiger partial charge on any atom is -0.211 e. The molecule has 0 N–H and O–H groups in total. The summed E-state index contributed by atoms with van der Waals surface area (Å²) in [5, 5.41) is 0. The van der Waals surface area contributed by atoms with E-state index >= 15 is 0 Å². The molecular weight excluding hydrogens is 186 g/mol. The van der Waals surface area contributed by atoms with Crippen LogP contribution in [0.3, 0.4) is 0 Å². The highest BCUT2D eigenvalue weighted by atomic mass is 16.1. The highest BCUT2D eigenvalue weighted by Gasteiger charge is 1.96. The van der Waals surface area contributed by atoms with Gasteiger partial charge in [-0.15, -0.1) is 0 Å². The molecule has 0 radical (unpaired) electrons. The van der Waals surface area contributed by atoms with Gasteiger partial charge in [-0.3, -0.25) is 0 Å². The van der Waals surface area contributed by atoms with Gasteiger partial charge >= 0.3 is 0 Å². The number of isocyanates is 1. The summed E-state index contributed by atoms with van der Waals surface area (Å²) in [4.78, 5) is 13.4. The fraction of sp³-hybridized carbons (Fsp3) is 0.308. The van der Waals surface area contributed by atoms with Gasteiger partial charge in [0.25, 0.3) is 0 Å². The Morgan fingerprint density at radius 2 is 2.33 bits per heavy atom. The van der Waals surface area contributed by atoms with Crippen molar-refractivity contribution in [2.24, 2.45) is 4.99 Å². The zero-order valence-corrected chi connectivity index (χ0v) is 8.99. The topological polar surface area (TPSA) is 29.4 Å². The van der Waals surface area contributed by atoms with Crippen molar-refractivity contribution in [2.75, 3.05) is 6.54 Å². The zero-order valence-electron chi connectivity index (χ0n) is 8.99. The summed E-state index contributed by atoms with van der Waals surface area (Å²) in [6.45, 7) is 6.46. The summed E-state index contributed by atoms with van der Waals surface area (Å²) in [6.07, 6.45) is 3.37. The summed E-state index contributed by atoms with van der Waals surface area (Å²) >= 11 is 0. The van der Waals surface area contributed by atoms with E-state index in [0.717, 1.165) is 18.4 Å². The highest BCUT2D eigenvalue weighted by molar-refractivity contribution is 5.61. The predicted octanol–water partition coefficient (Wildman–Crippen LogP) is 2.99. The van der Waals surface area contributed by atoms with Crippen molar-refractivity contribution in [1.29, 1.82) is 0 Å². The Balaban J connectivity index is 2.57. The standard InChI is InChI=1S/C13H15NO/c1-11(2)13-7-3-5-12(9-13)6-4-8-14-10-15/h3,5,7,9H,1,4,6,8H2,2H3. The van der Waals surface area contributed by atoms with E-state index in [-0.39, 0.29) is 0 Å². The Morgan fingerprint density at radius 3 is 3.00 bits per heavy atom. The Hall–Kier alpha value is -1.66. The quantitative estimate of drug-likeness (QED) is 0.409. The summed E-state index contributed by atoms with van der Waals surface area (Å²) in [5.74, 6) is 0. The molecule has 0 aliphatic carbocycles. The summed E-state index contributed by atoms with van der Waals surface area (Å²) in [7, 11) is 0. The molecule has 0 saturated carbocycles. The van der Waals surface area contributed by atoms with Gasteiger partial charge in [-0.2, -0.15) is 0 Å². The number of benzene rings is 1. The summed E-state index contributed by atoms with van der Waals surface area (Å²) < 4.78 is 0. The Morgan fingerprint density at radius 1 is 1.53 bits per heavy atom. The van der Waals surface area contributed by atoms with Crippen LogP contribution in [0.1, 0.15) is 24.5 Å². The van der Waals surface area contributed by atoms with Gasteiger partial charge in [0.15, 0.2) is 0 Å². The molecule has 0 bridgehead atoms. The molecule has 0 aromatic heterocycles. The van der Waals surface area contributed by atoms with Gasteiger partial charge in [-0.1, -0.05) is 36.4 Å². The first-order chi connectivity index (χ1) is 7.24. The molecule has 0 atom stereocenters. The number of nitrogens with zero attached hydrogens (tertiary/aromatic N) is 1. The number of allylic oxidation sites excluding steroid dienone is 1. The second-order valence-electron chi connectivity index (χ2n) is 3.56. The van der Waals surface area contributed by atoms with Crippen LogP contribution in [-0.4, -0.2) is 12.6 Å². The lowest BCUT2D eigenvalue weighted by Crippen LogP contribution is -1.89. The van der Waals surface area contributed by atoms with Crippen molar-refractivity contribution < 1.29 is 4.79 Å². The summed E-state index contributed by atoms with van der Waals surface area (Å²) in [5.41, 5.74) is 3.51. The lowest BCUT2D eigenvalue weighted by molar-refractivity contribution is 0.562. The van der Waals surface area contributed by atoms with Crippen molar-refractivity contribution >= 4 is 11.7 Å². The molecule has 0 unspecified atom stereocenters. The molecule has 78 valence electrons. The molecule has 1 aromatic rings. The van der Waals surface area contributed by atoms with Crippen LogP contribution in [0.4, 0.5) is 0 Å². The maximum Gasteiger partial charge on any atom is 0.234 e. The highest BCUT2D eigenvalue weighted by Crippen LogP contribution is 2.14. The number of carbonyl (C=O) groups excluding carboxylic acids is 1. The minimum absolute atomic E-state index is 0.556. The molecule has 0 saturated heterocycles. The Kier molecular flexibility index (Phi) is 4.52. The average molecular weight is 201 g/mol. The number of rotatable bonds is 5. The zero-order chi connectivity index (χ0) is 11.1.